The summed E-state index contributed by atoms with van der Waals surface area (Å²) in [5, 5.41) is 9.75. The number of hydrogen-bond acceptors (Lipinski definition) is 3. The number of carbonyl (C=O) groups is 1. The van der Waals surface area contributed by atoms with Crippen LogP contribution in [-0.2, 0) is 9.53 Å². The molecular weight excluding hydrogens is 324 g/mol. The molecule has 0 unspecified atom stereocenters. The van der Waals surface area contributed by atoms with Crippen molar-refractivity contribution in [2.45, 2.75) is 19.3 Å². The molecule has 2 heterocycles. The largest absolute Gasteiger partial charge is 0.381 e. The highest BCUT2D eigenvalue weighted by Crippen LogP contribution is 2.40. The van der Waals surface area contributed by atoms with Gasteiger partial charge in [-0.25, -0.2) is 0 Å². The average Bonchev–Trinajstić information content (AvgIpc) is 2.85. The van der Waals surface area contributed by atoms with Gasteiger partial charge in [-0.3, -0.25) is 9.69 Å². The standard InChI is InChI=1S/C22H20N2O2/c23-16-22(11-13-26-14-12-22)15-21(25)24-19-7-3-1-5-17(19)9-10-18-6-2-4-8-20(18)24/h1-10H,11-15H2. The summed E-state index contributed by atoms with van der Waals surface area (Å²) in [4.78, 5) is 15.2. The van der Waals surface area contributed by atoms with Crippen LogP contribution in [0, 0.1) is 16.7 Å². The molecule has 2 aliphatic rings. The number of ether oxygens (including phenoxy) is 1. The van der Waals surface area contributed by atoms with E-state index in [1.807, 2.05) is 60.7 Å². The molecule has 0 N–H and O–H groups in total. The van der Waals surface area contributed by atoms with Crippen LogP contribution in [0.5, 0.6) is 0 Å². The number of fused-ring (bicyclic) bond motifs is 2. The van der Waals surface area contributed by atoms with E-state index in [0.717, 1.165) is 22.5 Å². The van der Waals surface area contributed by atoms with Crippen molar-refractivity contribution < 1.29 is 9.53 Å². The van der Waals surface area contributed by atoms with E-state index in [-0.39, 0.29) is 12.3 Å². The lowest BCUT2D eigenvalue weighted by atomic mass is 9.78. The van der Waals surface area contributed by atoms with Crippen LogP contribution in [0.3, 0.4) is 0 Å². The fourth-order valence-electron chi connectivity index (χ4n) is 3.70. The quantitative estimate of drug-likeness (QED) is 0.803. The molecule has 1 amide bonds. The minimum absolute atomic E-state index is 0.0444. The Kier molecular flexibility index (Phi) is 4.32. The second-order valence-corrected chi connectivity index (χ2v) is 6.86. The predicted molar refractivity (Wildman–Crippen MR) is 102 cm³/mol. The van der Waals surface area contributed by atoms with Crippen molar-refractivity contribution in [3.63, 3.8) is 0 Å². The Morgan fingerprint density at radius 1 is 1.00 bits per heavy atom. The second-order valence-electron chi connectivity index (χ2n) is 6.86. The molecule has 2 aromatic rings. The first-order valence-electron chi connectivity index (χ1n) is 8.91. The number of amides is 1. The van der Waals surface area contributed by atoms with Crippen LogP contribution in [0.2, 0.25) is 0 Å². The number of carbonyl (C=O) groups excluding carboxylic acids is 1. The first-order chi connectivity index (χ1) is 12.7. The van der Waals surface area contributed by atoms with Gasteiger partial charge in [-0.05, 0) is 36.1 Å². The zero-order valence-electron chi connectivity index (χ0n) is 14.5. The van der Waals surface area contributed by atoms with Gasteiger partial charge in [-0.2, -0.15) is 5.26 Å². The van der Waals surface area contributed by atoms with Crippen molar-refractivity contribution in [2.24, 2.45) is 5.41 Å². The van der Waals surface area contributed by atoms with Crippen molar-refractivity contribution in [1.82, 2.24) is 0 Å². The molecular formula is C22H20N2O2. The van der Waals surface area contributed by atoms with E-state index in [2.05, 4.69) is 6.07 Å². The fraction of sp³-hybridized carbons (Fsp3) is 0.273. The van der Waals surface area contributed by atoms with E-state index >= 15 is 0 Å². The molecule has 0 radical (unpaired) electrons. The first-order valence-corrected chi connectivity index (χ1v) is 8.91. The third kappa shape index (κ3) is 2.91. The van der Waals surface area contributed by atoms with Crippen LogP contribution >= 0.6 is 0 Å². The molecule has 0 aliphatic carbocycles. The second kappa shape index (κ2) is 6.78. The molecule has 130 valence electrons. The van der Waals surface area contributed by atoms with E-state index in [4.69, 9.17) is 4.74 Å². The fourth-order valence-corrected chi connectivity index (χ4v) is 3.70. The number of anilines is 2. The van der Waals surface area contributed by atoms with Gasteiger partial charge in [-0.15, -0.1) is 0 Å². The highest BCUT2D eigenvalue weighted by Gasteiger charge is 2.37. The summed E-state index contributed by atoms with van der Waals surface area (Å²) in [7, 11) is 0. The Morgan fingerprint density at radius 2 is 1.54 bits per heavy atom. The van der Waals surface area contributed by atoms with Crippen LogP contribution in [0.1, 0.15) is 30.4 Å². The molecule has 2 aliphatic heterocycles. The lowest BCUT2D eigenvalue weighted by Gasteiger charge is -2.33. The summed E-state index contributed by atoms with van der Waals surface area (Å²) in [5.74, 6) is -0.0444. The van der Waals surface area contributed by atoms with Crippen molar-refractivity contribution >= 4 is 29.4 Å². The van der Waals surface area contributed by atoms with E-state index in [9.17, 15) is 10.1 Å². The average molecular weight is 344 g/mol. The van der Waals surface area contributed by atoms with Crippen LogP contribution < -0.4 is 4.90 Å². The molecule has 26 heavy (non-hydrogen) atoms. The Labute approximate surface area is 153 Å². The Bertz CT molecular complexity index is 855. The maximum absolute atomic E-state index is 13.4. The summed E-state index contributed by atoms with van der Waals surface area (Å²) in [5.41, 5.74) is 3.07. The van der Waals surface area contributed by atoms with Crippen LogP contribution in [-0.4, -0.2) is 19.1 Å². The minimum Gasteiger partial charge on any atom is -0.381 e. The lowest BCUT2D eigenvalue weighted by molar-refractivity contribution is -0.120. The molecule has 4 rings (SSSR count). The molecule has 4 heteroatoms. The zero-order chi connectivity index (χ0) is 18.0. The van der Waals surface area contributed by atoms with Gasteiger partial charge in [-0.1, -0.05) is 48.6 Å². The third-order valence-corrected chi connectivity index (χ3v) is 5.22. The molecule has 0 spiro atoms. The van der Waals surface area contributed by atoms with E-state index in [0.29, 0.717) is 26.1 Å². The van der Waals surface area contributed by atoms with Gasteiger partial charge in [0.15, 0.2) is 0 Å². The number of hydrogen-bond donors (Lipinski definition) is 0. The monoisotopic (exact) mass is 344 g/mol. The van der Waals surface area contributed by atoms with Gasteiger partial charge in [0.05, 0.1) is 22.9 Å². The molecule has 2 aromatic carbocycles. The lowest BCUT2D eigenvalue weighted by Crippen LogP contribution is -2.36. The maximum Gasteiger partial charge on any atom is 0.233 e. The van der Waals surface area contributed by atoms with Crippen molar-refractivity contribution in [3.8, 4) is 6.07 Å². The number of rotatable bonds is 2. The summed E-state index contributed by atoms with van der Waals surface area (Å²) < 4.78 is 5.40. The van der Waals surface area contributed by atoms with E-state index in [1.165, 1.54) is 0 Å². The minimum atomic E-state index is -0.640. The molecule has 1 saturated heterocycles. The van der Waals surface area contributed by atoms with Crippen molar-refractivity contribution in [1.29, 1.82) is 5.26 Å². The molecule has 0 atom stereocenters. The Morgan fingerprint density at radius 3 is 2.08 bits per heavy atom. The maximum atomic E-state index is 13.4. The topological polar surface area (TPSA) is 53.3 Å². The molecule has 0 saturated carbocycles. The van der Waals surface area contributed by atoms with Crippen molar-refractivity contribution in [3.05, 3.63) is 59.7 Å². The highest BCUT2D eigenvalue weighted by atomic mass is 16.5. The van der Waals surface area contributed by atoms with Crippen LogP contribution in [0.15, 0.2) is 48.5 Å². The Hall–Kier alpha value is -2.90. The van der Waals surface area contributed by atoms with Gasteiger partial charge in [0.2, 0.25) is 5.91 Å². The summed E-state index contributed by atoms with van der Waals surface area (Å²) in [6, 6.07) is 18.2. The predicted octanol–water partition coefficient (Wildman–Crippen LogP) is 4.55. The van der Waals surface area contributed by atoms with Gasteiger partial charge >= 0.3 is 0 Å². The smallest absolute Gasteiger partial charge is 0.233 e. The number of para-hydroxylation sites is 2. The molecule has 0 bridgehead atoms. The summed E-state index contributed by atoms with van der Waals surface area (Å²) in [6.45, 7) is 1.07. The van der Waals surface area contributed by atoms with Gasteiger partial charge in [0, 0.05) is 19.6 Å². The molecule has 0 aromatic heterocycles. The van der Waals surface area contributed by atoms with E-state index < -0.39 is 5.41 Å². The SMILES string of the molecule is N#CC1(CC(=O)N2c3ccccc3C=Cc3ccccc32)CCOCC1. The number of nitrogens with zero attached hydrogens (tertiary/aromatic N) is 2. The number of benzene rings is 2. The zero-order valence-corrected chi connectivity index (χ0v) is 14.5. The Balaban J connectivity index is 1.76. The van der Waals surface area contributed by atoms with Crippen LogP contribution in [0.4, 0.5) is 11.4 Å². The third-order valence-electron chi connectivity index (χ3n) is 5.22. The van der Waals surface area contributed by atoms with E-state index in [1.54, 1.807) is 4.90 Å². The normalized spacial score (nSPS) is 17.6. The number of nitriles is 1. The molecule has 4 nitrogen and oxygen atoms in total. The van der Waals surface area contributed by atoms with Gasteiger partial charge < -0.3 is 4.74 Å². The van der Waals surface area contributed by atoms with Gasteiger partial charge in [0.1, 0.15) is 0 Å². The van der Waals surface area contributed by atoms with Gasteiger partial charge in [0.25, 0.3) is 0 Å². The summed E-state index contributed by atoms with van der Waals surface area (Å²) >= 11 is 0. The first kappa shape index (κ1) is 16.6. The van der Waals surface area contributed by atoms with Crippen LogP contribution in [0.25, 0.3) is 12.2 Å². The molecule has 1 fully saturated rings. The summed E-state index contributed by atoms with van der Waals surface area (Å²) in [6.07, 6.45) is 5.48. The van der Waals surface area contributed by atoms with Crippen molar-refractivity contribution in [2.75, 3.05) is 18.1 Å². The highest BCUT2D eigenvalue weighted by molar-refractivity contribution is 6.06.